The van der Waals surface area contributed by atoms with Gasteiger partial charge in [0.15, 0.2) is 0 Å². The van der Waals surface area contributed by atoms with Crippen molar-refractivity contribution in [1.82, 2.24) is 16.0 Å². The molecule has 0 radical (unpaired) electrons. The Morgan fingerprint density at radius 3 is 2.76 bits per heavy atom. The number of benzene rings is 2. The standard InChI is InChI=1S/C24H30N4O4S/c1-15-7-8-16(2)20(9-15)27-23(31)14-33-24-26-18(12-22(30)28-24)11-21(29)25-13-17-5-4-6-19(10-17)32-3/h4-10,18,24,26H,11-14H2,1-3H3,(H,25,29)(H,27,31)(H,28,30). The van der Waals surface area contributed by atoms with Crippen LogP contribution in [-0.2, 0) is 20.9 Å². The van der Waals surface area contributed by atoms with Gasteiger partial charge >= 0.3 is 0 Å². The van der Waals surface area contributed by atoms with E-state index in [9.17, 15) is 14.4 Å². The van der Waals surface area contributed by atoms with Crippen LogP contribution < -0.4 is 26.0 Å². The van der Waals surface area contributed by atoms with Crippen molar-refractivity contribution >= 4 is 35.2 Å². The smallest absolute Gasteiger partial charge is 0.234 e. The molecular weight excluding hydrogens is 440 g/mol. The first-order chi connectivity index (χ1) is 15.8. The third-order valence-electron chi connectivity index (χ3n) is 5.21. The van der Waals surface area contributed by atoms with Crippen LogP contribution in [0.15, 0.2) is 42.5 Å². The number of hydrogen-bond donors (Lipinski definition) is 4. The summed E-state index contributed by atoms with van der Waals surface area (Å²) in [4.78, 5) is 36.9. The summed E-state index contributed by atoms with van der Waals surface area (Å²) < 4.78 is 5.19. The van der Waals surface area contributed by atoms with E-state index in [-0.39, 0.29) is 42.4 Å². The predicted octanol–water partition coefficient (Wildman–Crippen LogP) is 2.45. The van der Waals surface area contributed by atoms with Gasteiger partial charge in [-0.15, -0.1) is 11.8 Å². The van der Waals surface area contributed by atoms with E-state index < -0.39 is 5.50 Å². The molecule has 1 saturated heterocycles. The molecule has 1 aliphatic rings. The van der Waals surface area contributed by atoms with Crippen molar-refractivity contribution < 1.29 is 19.1 Å². The monoisotopic (exact) mass is 470 g/mol. The molecule has 1 fully saturated rings. The summed E-state index contributed by atoms with van der Waals surface area (Å²) in [7, 11) is 1.60. The second-order valence-corrected chi connectivity index (χ2v) is 9.12. The number of carbonyl (C=O) groups is 3. The van der Waals surface area contributed by atoms with E-state index in [1.54, 1.807) is 7.11 Å². The van der Waals surface area contributed by atoms with Gasteiger partial charge in [-0.2, -0.15) is 0 Å². The molecular formula is C24H30N4O4S. The third-order valence-corrected chi connectivity index (χ3v) is 6.23. The number of rotatable bonds is 9. The second kappa shape index (κ2) is 11.7. The topological polar surface area (TPSA) is 109 Å². The fourth-order valence-corrected chi connectivity index (χ4v) is 4.35. The molecule has 4 N–H and O–H groups in total. The number of hydrogen-bond acceptors (Lipinski definition) is 6. The highest BCUT2D eigenvalue weighted by Crippen LogP contribution is 2.18. The van der Waals surface area contributed by atoms with Crippen LogP contribution in [-0.4, -0.2) is 42.1 Å². The van der Waals surface area contributed by atoms with E-state index in [1.165, 1.54) is 11.8 Å². The summed E-state index contributed by atoms with van der Waals surface area (Å²) in [5.41, 5.74) is 3.33. The molecule has 3 rings (SSSR count). The SMILES string of the molecule is COc1cccc(CNC(=O)CC2CC(=O)NC(SCC(=O)Nc3cc(C)ccc3C)N2)c1. The number of nitrogens with one attached hydrogen (secondary N) is 4. The molecule has 2 unspecified atom stereocenters. The zero-order valence-electron chi connectivity index (χ0n) is 19.1. The largest absolute Gasteiger partial charge is 0.497 e. The van der Waals surface area contributed by atoms with E-state index in [2.05, 4.69) is 21.3 Å². The lowest BCUT2D eigenvalue weighted by molar-refractivity contribution is -0.125. The number of ether oxygens (including phenoxy) is 1. The molecule has 0 saturated carbocycles. The summed E-state index contributed by atoms with van der Waals surface area (Å²) in [6.45, 7) is 4.29. The molecule has 1 aliphatic heterocycles. The summed E-state index contributed by atoms with van der Waals surface area (Å²) in [6.07, 6.45) is 0.376. The van der Waals surface area contributed by atoms with Crippen molar-refractivity contribution in [3.63, 3.8) is 0 Å². The Labute approximate surface area is 198 Å². The number of carbonyl (C=O) groups excluding carboxylic acids is 3. The van der Waals surface area contributed by atoms with Gasteiger partial charge in [0.25, 0.3) is 0 Å². The summed E-state index contributed by atoms with van der Waals surface area (Å²) in [6, 6.07) is 13.1. The molecule has 0 aromatic heterocycles. The molecule has 0 spiro atoms. The average molecular weight is 471 g/mol. The van der Waals surface area contributed by atoms with Crippen LogP contribution in [0.4, 0.5) is 5.69 Å². The van der Waals surface area contributed by atoms with Gasteiger partial charge in [0, 0.05) is 31.1 Å². The van der Waals surface area contributed by atoms with Gasteiger partial charge in [0.2, 0.25) is 17.7 Å². The normalized spacial score (nSPS) is 17.7. The van der Waals surface area contributed by atoms with Crippen molar-refractivity contribution in [3.05, 3.63) is 59.2 Å². The van der Waals surface area contributed by atoms with Crippen molar-refractivity contribution in [1.29, 1.82) is 0 Å². The van der Waals surface area contributed by atoms with Gasteiger partial charge in [-0.1, -0.05) is 24.3 Å². The third kappa shape index (κ3) is 7.80. The lowest BCUT2D eigenvalue weighted by Gasteiger charge is -2.30. The Hall–Kier alpha value is -3.04. The van der Waals surface area contributed by atoms with Gasteiger partial charge in [-0.05, 0) is 48.7 Å². The highest BCUT2D eigenvalue weighted by Gasteiger charge is 2.28. The Balaban J connectivity index is 1.45. The summed E-state index contributed by atoms with van der Waals surface area (Å²) in [5.74, 6) is 0.449. The quantitative estimate of drug-likeness (QED) is 0.448. The lowest BCUT2D eigenvalue weighted by atomic mass is 10.1. The van der Waals surface area contributed by atoms with Crippen LogP contribution in [0.5, 0.6) is 5.75 Å². The Morgan fingerprint density at radius 2 is 1.97 bits per heavy atom. The van der Waals surface area contributed by atoms with E-state index in [4.69, 9.17) is 4.74 Å². The van der Waals surface area contributed by atoms with Crippen LogP contribution in [0.2, 0.25) is 0 Å². The first kappa shape index (κ1) is 24.6. The number of anilines is 1. The number of methoxy groups -OCH3 is 1. The molecule has 8 nitrogen and oxygen atoms in total. The van der Waals surface area contributed by atoms with Crippen LogP contribution >= 0.6 is 11.8 Å². The van der Waals surface area contributed by atoms with Gasteiger partial charge < -0.3 is 20.7 Å². The predicted molar refractivity (Wildman–Crippen MR) is 130 cm³/mol. The van der Waals surface area contributed by atoms with Gasteiger partial charge in [-0.3, -0.25) is 19.7 Å². The van der Waals surface area contributed by atoms with E-state index >= 15 is 0 Å². The van der Waals surface area contributed by atoms with Crippen LogP contribution in [0.1, 0.15) is 29.5 Å². The maximum Gasteiger partial charge on any atom is 0.234 e. The van der Waals surface area contributed by atoms with Gasteiger partial charge in [0.1, 0.15) is 11.2 Å². The maximum atomic E-state index is 12.4. The molecule has 2 aromatic carbocycles. The number of amides is 3. The average Bonchev–Trinajstić information content (AvgIpc) is 2.78. The Bertz CT molecular complexity index is 1010. The molecule has 2 atom stereocenters. The van der Waals surface area contributed by atoms with E-state index in [0.29, 0.717) is 6.54 Å². The zero-order valence-corrected chi connectivity index (χ0v) is 19.9. The first-order valence-electron chi connectivity index (χ1n) is 10.8. The van der Waals surface area contributed by atoms with Crippen molar-refractivity contribution in [2.24, 2.45) is 0 Å². The molecule has 0 aliphatic carbocycles. The minimum atomic E-state index is -0.438. The van der Waals surface area contributed by atoms with Crippen LogP contribution in [0, 0.1) is 13.8 Å². The molecule has 0 bridgehead atoms. The minimum absolute atomic E-state index is 0.146. The van der Waals surface area contributed by atoms with Crippen LogP contribution in [0.25, 0.3) is 0 Å². The highest BCUT2D eigenvalue weighted by molar-refractivity contribution is 8.00. The Kier molecular flexibility index (Phi) is 8.73. The van der Waals surface area contributed by atoms with Gasteiger partial charge in [-0.25, -0.2) is 0 Å². The molecule has 1 heterocycles. The van der Waals surface area contributed by atoms with Gasteiger partial charge in [0.05, 0.1) is 12.9 Å². The first-order valence-corrected chi connectivity index (χ1v) is 11.8. The Morgan fingerprint density at radius 1 is 1.15 bits per heavy atom. The lowest BCUT2D eigenvalue weighted by Crippen LogP contribution is -2.56. The van der Waals surface area contributed by atoms with Crippen LogP contribution in [0.3, 0.4) is 0 Å². The van der Waals surface area contributed by atoms with E-state index in [0.717, 1.165) is 28.1 Å². The molecule has 33 heavy (non-hydrogen) atoms. The van der Waals surface area contributed by atoms with Crippen molar-refractivity contribution in [2.75, 3.05) is 18.2 Å². The number of thioether (sulfide) groups is 1. The van der Waals surface area contributed by atoms with E-state index in [1.807, 2.05) is 56.3 Å². The maximum absolute atomic E-state index is 12.4. The van der Waals surface area contributed by atoms with Crippen molar-refractivity contribution in [2.45, 2.75) is 44.8 Å². The second-order valence-electron chi connectivity index (χ2n) is 8.03. The zero-order chi connectivity index (χ0) is 23.8. The number of aryl methyl sites for hydroxylation is 2. The fourth-order valence-electron chi connectivity index (χ4n) is 3.46. The molecule has 3 amide bonds. The molecule has 176 valence electrons. The highest BCUT2D eigenvalue weighted by atomic mass is 32.2. The summed E-state index contributed by atoms with van der Waals surface area (Å²) in [5, 5.41) is 11.8. The molecule has 9 heteroatoms. The summed E-state index contributed by atoms with van der Waals surface area (Å²) >= 11 is 1.28. The minimum Gasteiger partial charge on any atom is -0.497 e. The van der Waals surface area contributed by atoms with Crippen molar-refractivity contribution in [3.8, 4) is 5.75 Å². The molecule has 2 aromatic rings. The fraction of sp³-hybridized carbons (Fsp3) is 0.375.